The number of nitrogens with one attached hydrogen (secondary N) is 1. The highest BCUT2D eigenvalue weighted by Gasteiger charge is 2.00. The van der Waals surface area contributed by atoms with Crippen molar-refractivity contribution in [2.75, 3.05) is 13.1 Å². The number of guanidine groups is 1. The molecule has 130 valence electrons. The first-order chi connectivity index (χ1) is 10.7. The highest BCUT2D eigenvalue weighted by molar-refractivity contribution is 5.76. The Labute approximate surface area is 136 Å². The predicted molar refractivity (Wildman–Crippen MR) is 94.8 cm³/mol. The number of nitrogens with zero attached hydrogens (tertiary/aromatic N) is 1. The fourth-order valence-corrected chi connectivity index (χ4v) is 2.36. The van der Waals surface area contributed by atoms with Crippen molar-refractivity contribution >= 4 is 11.9 Å². The van der Waals surface area contributed by atoms with E-state index in [-0.39, 0.29) is 11.9 Å². The second-order valence-corrected chi connectivity index (χ2v) is 5.94. The molecule has 0 saturated heterocycles. The van der Waals surface area contributed by atoms with Crippen LogP contribution in [-0.2, 0) is 4.79 Å². The van der Waals surface area contributed by atoms with Crippen LogP contribution in [-0.4, -0.2) is 25.0 Å². The molecule has 0 saturated carbocycles. The molecular formula is C17H36N4O. The summed E-state index contributed by atoms with van der Waals surface area (Å²) < 4.78 is 0. The van der Waals surface area contributed by atoms with E-state index in [0.717, 1.165) is 25.8 Å². The van der Waals surface area contributed by atoms with Crippen molar-refractivity contribution in [2.24, 2.45) is 16.5 Å². The van der Waals surface area contributed by atoms with Crippen molar-refractivity contribution < 1.29 is 4.79 Å². The lowest BCUT2D eigenvalue weighted by atomic mass is 10.1. The molecule has 5 nitrogen and oxygen atoms in total. The topological polar surface area (TPSA) is 93.5 Å². The Kier molecular flexibility index (Phi) is 15.2. The third-order valence-electron chi connectivity index (χ3n) is 3.71. The Morgan fingerprint density at radius 2 is 1.45 bits per heavy atom. The van der Waals surface area contributed by atoms with Gasteiger partial charge in [0.1, 0.15) is 0 Å². The first kappa shape index (κ1) is 20.7. The first-order valence-electron chi connectivity index (χ1n) is 8.99. The van der Waals surface area contributed by atoms with E-state index in [2.05, 4.69) is 17.2 Å². The second kappa shape index (κ2) is 16.1. The lowest BCUT2D eigenvalue weighted by Gasteiger charge is -2.05. The van der Waals surface area contributed by atoms with E-state index in [4.69, 9.17) is 11.5 Å². The number of carbonyl (C=O) groups excluding carboxylic acids is 1. The van der Waals surface area contributed by atoms with Crippen LogP contribution in [0.1, 0.15) is 84.0 Å². The van der Waals surface area contributed by atoms with Crippen molar-refractivity contribution in [3.63, 3.8) is 0 Å². The van der Waals surface area contributed by atoms with Gasteiger partial charge in [0.05, 0.1) is 0 Å². The lowest BCUT2D eigenvalue weighted by Crippen LogP contribution is -2.24. The van der Waals surface area contributed by atoms with Crippen LogP contribution in [0.2, 0.25) is 0 Å². The fourth-order valence-electron chi connectivity index (χ4n) is 2.36. The molecule has 0 atom stereocenters. The summed E-state index contributed by atoms with van der Waals surface area (Å²) in [5.41, 5.74) is 10.5. The molecule has 0 spiro atoms. The van der Waals surface area contributed by atoms with Crippen LogP contribution in [0.4, 0.5) is 0 Å². The van der Waals surface area contributed by atoms with Crippen LogP contribution in [0.25, 0.3) is 0 Å². The Morgan fingerprint density at radius 3 is 2.05 bits per heavy atom. The maximum atomic E-state index is 11.6. The molecule has 0 rings (SSSR count). The Morgan fingerprint density at radius 1 is 0.864 bits per heavy atom. The van der Waals surface area contributed by atoms with Crippen molar-refractivity contribution in [1.82, 2.24) is 5.32 Å². The predicted octanol–water partition coefficient (Wildman–Crippen LogP) is 3.08. The van der Waals surface area contributed by atoms with Crippen molar-refractivity contribution in [1.29, 1.82) is 0 Å². The average molecular weight is 313 g/mol. The average Bonchev–Trinajstić information content (AvgIpc) is 2.48. The van der Waals surface area contributed by atoms with Gasteiger partial charge in [0.25, 0.3) is 0 Å². The Bertz CT molecular complexity index is 288. The highest BCUT2D eigenvalue weighted by atomic mass is 16.1. The van der Waals surface area contributed by atoms with Crippen LogP contribution in [0.5, 0.6) is 0 Å². The molecule has 0 aromatic carbocycles. The van der Waals surface area contributed by atoms with Gasteiger partial charge in [-0.3, -0.25) is 9.79 Å². The molecule has 0 radical (unpaired) electrons. The molecule has 1 amide bonds. The molecule has 0 unspecified atom stereocenters. The van der Waals surface area contributed by atoms with Gasteiger partial charge in [0.15, 0.2) is 5.96 Å². The number of unbranched alkanes of at least 4 members (excludes halogenated alkanes) is 9. The molecule has 0 aromatic rings. The van der Waals surface area contributed by atoms with E-state index >= 15 is 0 Å². The number of carbonyl (C=O) groups is 1. The zero-order valence-corrected chi connectivity index (χ0v) is 14.4. The minimum absolute atomic E-state index is 0.134. The molecule has 5 heteroatoms. The van der Waals surface area contributed by atoms with Crippen molar-refractivity contribution in [3.05, 3.63) is 0 Å². The van der Waals surface area contributed by atoms with Gasteiger partial charge in [-0.25, -0.2) is 0 Å². The van der Waals surface area contributed by atoms with Gasteiger partial charge in [0, 0.05) is 19.5 Å². The van der Waals surface area contributed by atoms with E-state index in [0.29, 0.717) is 13.0 Å². The van der Waals surface area contributed by atoms with Crippen LogP contribution in [0.15, 0.2) is 4.99 Å². The molecule has 0 aromatic heterocycles. The molecular weight excluding hydrogens is 276 g/mol. The van der Waals surface area contributed by atoms with Gasteiger partial charge in [-0.2, -0.15) is 0 Å². The number of aliphatic imine (C=N–C) groups is 1. The highest BCUT2D eigenvalue weighted by Crippen LogP contribution is 2.10. The molecule has 0 fully saturated rings. The van der Waals surface area contributed by atoms with Gasteiger partial charge in [-0.05, 0) is 19.3 Å². The minimum Gasteiger partial charge on any atom is -0.370 e. The molecule has 0 aliphatic carbocycles. The lowest BCUT2D eigenvalue weighted by molar-refractivity contribution is -0.121. The quantitative estimate of drug-likeness (QED) is 0.246. The summed E-state index contributed by atoms with van der Waals surface area (Å²) in [6.45, 7) is 3.60. The van der Waals surface area contributed by atoms with Crippen LogP contribution in [0.3, 0.4) is 0 Å². The van der Waals surface area contributed by atoms with Crippen LogP contribution in [0, 0.1) is 0 Å². The smallest absolute Gasteiger partial charge is 0.219 e. The number of rotatable bonds is 15. The summed E-state index contributed by atoms with van der Waals surface area (Å²) >= 11 is 0. The van der Waals surface area contributed by atoms with Crippen LogP contribution < -0.4 is 16.8 Å². The third-order valence-corrected chi connectivity index (χ3v) is 3.71. The van der Waals surface area contributed by atoms with E-state index in [1.165, 1.54) is 51.4 Å². The Balaban J connectivity index is 3.21. The summed E-state index contributed by atoms with van der Waals surface area (Å²) in [5, 5.41) is 2.95. The summed E-state index contributed by atoms with van der Waals surface area (Å²) in [7, 11) is 0. The zero-order chi connectivity index (χ0) is 16.5. The summed E-state index contributed by atoms with van der Waals surface area (Å²) in [6, 6.07) is 0. The monoisotopic (exact) mass is 312 g/mol. The van der Waals surface area contributed by atoms with Gasteiger partial charge in [-0.1, -0.05) is 58.3 Å². The number of hydrogen-bond donors (Lipinski definition) is 3. The second-order valence-electron chi connectivity index (χ2n) is 5.94. The molecule has 0 bridgehead atoms. The minimum atomic E-state index is 0.134. The summed E-state index contributed by atoms with van der Waals surface area (Å²) in [5.74, 6) is 0.305. The third kappa shape index (κ3) is 16.8. The molecule has 0 heterocycles. The largest absolute Gasteiger partial charge is 0.370 e. The normalized spacial score (nSPS) is 10.4. The van der Waals surface area contributed by atoms with Gasteiger partial charge >= 0.3 is 0 Å². The van der Waals surface area contributed by atoms with E-state index in [9.17, 15) is 4.79 Å². The summed E-state index contributed by atoms with van der Waals surface area (Å²) in [4.78, 5) is 15.5. The molecule has 0 aliphatic heterocycles. The summed E-state index contributed by atoms with van der Waals surface area (Å²) in [6.07, 6.45) is 14.0. The van der Waals surface area contributed by atoms with Gasteiger partial charge in [0.2, 0.25) is 5.91 Å². The van der Waals surface area contributed by atoms with Crippen LogP contribution >= 0.6 is 0 Å². The maximum Gasteiger partial charge on any atom is 0.219 e. The molecule has 5 N–H and O–H groups in total. The number of nitrogens with two attached hydrogens (primary N) is 2. The SMILES string of the molecule is CCCCCCCCCCCC(=O)NCCCCN=C(N)N. The van der Waals surface area contributed by atoms with E-state index < -0.39 is 0 Å². The molecule has 22 heavy (non-hydrogen) atoms. The molecule has 0 aliphatic rings. The van der Waals surface area contributed by atoms with Gasteiger partial charge in [-0.15, -0.1) is 0 Å². The van der Waals surface area contributed by atoms with Gasteiger partial charge < -0.3 is 16.8 Å². The fraction of sp³-hybridized carbons (Fsp3) is 0.882. The van der Waals surface area contributed by atoms with E-state index in [1.54, 1.807) is 0 Å². The van der Waals surface area contributed by atoms with E-state index in [1.807, 2.05) is 0 Å². The standard InChI is InChI=1S/C17H36N4O/c1-2-3-4-5-6-7-8-9-10-13-16(22)20-14-11-12-15-21-17(18)19/h2-15H2,1H3,(H,20,22)(H4,18,19,21). The van der Waals surface area contributed by atoms with Crippen molar-refractivity contribution in [2.45, 2.75) is 84.0 Å². The number of hydrogen-bond acceptors (Lipinski definition) is 2. The number of amides is 1. The maximum absolute atomic E-state index is 11.6. The Hall–Kier alpha value is -1.26. The zero-order valence-electron chi connectivity index (χ0n) is 14.4. The van der Waals surface area contributed by atoms with Crippen molar-refractivity contribution in [3.8, 4) is 0 Å². The first-order valence-corrected chi connectivity index (χ1v) is 8.99.